The van der Waals surface area contributed by atoms with Gasteiger partial charge in [0.25, 0.3) is 5.91 Å². The third-order valence-corrected chi connectivity index (χ3v) is 5.86. The second kappa shape index (κ2) is 12.1. The molecule has 1 aliphatic heterocycles. The molecule has 0 bridgehead atoms. The van der Waals surface area contributed by atoms with E-state index >= 15 is 0 Å². The van der Waals surface area contributed by atoms with Crippen molar-refractivity contribution in [1.29, 1.82) is 0 Å². The zero-order valence-corrected chi connectivity index (χ0v) is 19.2. The molecular formula is C26H34N2O4. The zero-order chi connectivity index (χ0) is 22.8. The fraction of sp³-hybridized carbons (Fsp3) is 0.462. The maximum Gasteiger partial charge on any atom is 0.260 e. The number of carbonyl (C=O) groups is 2. The third kappa shape index (κ3) is 6.49. The quantitative estimate of drug-likeness (QED) is 0.687. The van der Waals surface area contributed by atoms with Crippen molar-refractivity contribution < 1.29 is 19.1 Å². The van der Waals surface area contributed by atoms with Crippen molar-refractivity contribution in [2.45, 2.75) is 52.0 Å². The van der Waals surface area contributed by atoms with Crippen LogP contribution in [0, 0.1) is 0 Å². The van der Waals surface area contributed by atoms with E-state index in [0.717, 1.165) is 49.8 Å². The molecule has 0 aliphatic carbocycles. The van der Waals surface area contributed by atoms with Gasteiger partial charge < -0.3 is 19.3 Å². The average Bonchev–Trinajstić information content (AvgIpc) is 2.82. The maximum absolute atomic E-state index is 13.2. The molecule has 0 N–H and O–H groups in total. The Morgan fingerprint density at radius 3 is 2.19 bits per heavy atom. The molecule has 0 fully saturated rings. The van der Waals surface area contributed by atoms with E-state index in [0.29, 0.717) is 31.1 Å². The van der Waals surface area contributed by atoms with Crippen LogP contribution in [0.15, 0.2) is 48.5 Å². The Balaban J connectivity index is 1.80. The van der Waals surface area contributed by atoms with Crippen molar-refractivity contribution in [2.75, 3.05) is 31.7 Å². The summed E-state index contributed by atoms with van der Waals surface area (Å²) >= 11 is 0. The largest absolute Gasteiger partial charge is 0.493 e. The molecule has 2 amide bonds. The first-order valence-corrected chi connectivity index (χ1v) is 11.5. The number of nitrogens with zero attached hydrogens (tertiary/aromatic N) is 2. The standard InChI is InChI=1S/C26H34N2O4/c1-21(29)28-18-12-6-4-3-5-11-17-27(19-22-13-7-8-14-23(22)28)26(30)20-32-25-16-10-9-15-24(25)31-2/h7-10,13-16H,3-6,11-12,17-20H2,1-2H3. The number of hydrogen-bond acceptors (Lipinski definition) is 4. The Hall–Kier alpha value is -3.02. The van der Waals surface area contributed by atoms with Crippen LogP contribution in [0.5, 0.6) is 11.5 Å². The van der Waals surface area contributed by atoms with Gasteiger partial charge in [0.15, 0.2) is 18.1 Å². The molecule has 2 aromatic rings. The summed E-state index contributed by atoms with van der Waals surface area (Å²) in [6.45, 7) is 3.38. The van der Waals surface area contributed by atoms with Crippen LogP contribution in [0.1, 0.15) is 51.0 Å². The highest BCUT2D eigenvalue weighted by Crippen LogP contribution is 2.27. The molecule has 0 saturated heterocycles. The summed E-state index contributed by atoms with van der Waals surface area (Å²) in [7, 11) is 1.58. The van der Waals surface area contributed by atoms with Crippen molar-refractivity contribution in [3.05, 3.63) is 54.1 Å². The number of methoxy groups -OCH3 is 1. The van der Waals surface area contributed by atoms with Crippen molar-refractivity contribution in [2.24, 2.45) is 0 Å². The van der Waals surface area contributed by atoms with E-state index in [2.05, 4.69) is 0 Å². The van der Waals surface area contributed by atoms with E-state index in [4.69, 9.17) is 9.47 Å². The lowest BCUT2D eigenvalue weighted by molar-refractivity contribution is -0.134. The van der Waals surface area contributed by atoms with Crippen LogP contribution in [0.25, 0.3) is 0 Å². The first kappa shape index (κ1) is 23.6. The Morgan fingerprint density at radius 1 is 0.844 bits per heavy atom. The highest BCUT2D eigenvalue weighted by Gasteiger charge is 2.20. The molecule has 0 saturated carbocycles. The summed E-state index contributed by atoms with van der Waals surface area (Å²) in [4.78, 5) is 29.3. The van der Waals surface area contributed by atoms with E-state index in [-0.39, 0.29) is 18.4 Å². The summed E-state index contributed by atoms with van der Waals surface area (Å²) in [5.74, 6) is 1.12. The van der Waals surface area contributed by atoms with Gasteiger partial charge in [-0.1, -0.05) is 56.0 Å². The Morgan fingerprint density at radius 2 is 1.47 bits per heavy atom. The lowest BCUT2D eigenvalue weighted by Crippen LogP contribution is -2.36. The lowest BCUT2D eigenvalue weighted by atomic mass is 10.1. The van der Waals surface area contributed by atoms with Gasteiger partial charge in [-0.3, -0.25) is 9.59 Å². The van der Waals surface area contributed by atoms with Gasteiger partial charge in [-0.2, -0.15) is 0 Å². The summed E-state index contributed by atoms with van der Waals surface area (Å²) in [5.41, 5.74) is 1.87. The van der Waals surface area contributed by atoms with Crippen molar-refractivity contribution >= 4 is 17.5 Å². The monoisotopic (exact) mass is 438 g/mol. The Labute approximate surface area is 191 Å². The maximum atomic E-state index is 13.2. The van der Waals surface area contributed by atoms with Gasteiger partial charge in [0.1, 0.15) is 0 Å². The van der Waals surface area contributed by atoms with E-state index in [1.807, 2.05) is 52.3 Å². The molecule has 1 heterocycles. The van der Waals surface area contributed by atoms with Crippen LogP contribution in [0.4, 0.5) is 5.69 Å². The summed E-state index contributed by atoms with van der Waals surface area (Å²) in [6.07, 6.45) is 6.45. The molecule has 0 unspecified atom stereocenters. The normalized spacial score (nSPS) is 15.6. The van der Waals surface area contributed by atoms with Gasteiger partial charge in [-0.25, -0.2) is 0 Å². The number of para-hydroxylation sites is 3. The smallest absolute Gasteiger partial charge is 0.260 e. The number of carbonyl (C=O) groups excluding carboxylic acids is 2. The topological polar surface area (TPSA) is 59.1 Å². The van der Waals surface area contributed by atoms with E-state index in [1.54, 1.807) is 20.1 Å². The predicted molar refractivity (Wildman–Crippen MR) is 126 cm³/mol. The molecule has 6 nitrogen and oxygen atoms in total. The first-order valence-electron chi connectivity index (χ1n) is 11.5. The fourth-order valence-electron chi connectivity index (χ4n) is 4.10. The second-order valence-electron chi connectivity index (χ2n) is 8.18. The van der Waals surface area contributed by atoms with Crippen LogP contribution in [-0.4, -0.2) is 43.5 Å². The van der Waals surface area contributed by atoms with Crippen LogP contribution in [0.3, 0.4) is 0 Å². The summed E-state index contributed by atoms with van der Waals surface area (Å²) < 4.78 is 11.1. The van der Waals surface area contributed by atoms with Crippen molar-refractivity contribution in [1.82, 2.24) is 4.90 Å². The van der Waals surface area contributed by atoms with Crippen molar-refractivity contribution in [3.8, 4) is 11.5 Å². The van der Waals surface area contributed by atoms with Crippen LogP contribution < -0.4 is 14.4 Å². The molecule has 3 rings (SSSR count). The Kier molecular flexibility index (Phi) is 8.96. The van der Waals surface area contributed by atoms with Gasteiger partial charge in [0.2, 0.25) is 5.91 Å². The number of fused-ring (bicyclic) bond motifs is 1. The number of benzene rings is 2. The number of amides is 2. The fourth-order valence-corrected chi connectivity index (χ4v) is 4.10. The molecule has 1 aliphatic rings. The van der Waals surface area contributed by atoms with Gasteiger partial charge in [-0.05, 0) is 36.6 Å². The zero-order valence-electron chi connectivity index (χ0n) is 19.2. The summed E-state index contributed by atoms with van der Waals surface area (Å²) in [6, 6.07) is 15.2. The molecule has 2 aromatic carbocycles. The second-order valence-corrected chi connectivity index (χ2v) is 8.18. The highest BCUT2D eigenvalue weighted by molar-refractivity contribution is 5.92. The van der Waals surface area contributed by atoms with E-state index < -0.39 is 0 Å². The number of anilines is 1. The Bertz CT molecular complexity index is 899. The van der Waals surface area contributed by atoms with Gasteiger partial charge >= 0.3 is 0 Å². The molecule has 172 valence electrons. The molecule has 0 atom stereocenters. The van der Waals surface area contributed by atoms with E-state index in [1.165, 1.54) is 0 Å². The molecule has 32 heavy (non-hydrogen) atoms. The average molecular weight is 439 g/mol. The van der Waals surface area contributed by atoms with E-state index in [9.17, 15) is 9.59 Å². The van der Waals surface area contributed by atoms with Crippen LogP contribution in [-0.2, 0) is 16.1 Å². The number of rotatable bonds is 4. The van der Waals surface area contributed by atoms with Gasteiger partial charge in [0, 0.05) is 32.2 Å². The minimum atomic E-state index is -0.0741. The molecular weight excluding hydrogens is 404 g/mol. The van der Waals surface area contributed by atoms with Gasteiger partial charge in [-0.15, -0.1) is 0 Å². The first-order chi connectivity index (χ1) is 15.6. The molecule has 0 radical (unpaired) electrons. The SMILES string of the molecule is COc1ccccc1OCC(=O)N1CCCCCCCCN(C(C)=O)c2ccccc2C1. The number of ether oxygens (including phenoxy) is 2. The third-order valence-electron chi connectivity index (χ3n) is 5.86. The van der Waals surface area contributed by atoms with Crippen molar-refractivity contribution in [3.63, 3.8) is 0 Å². The molecule has 6 heteroatoms. The van der Waals surface area contributed by atoms with Crippen LogP contribution >= 0.6 is 0 Å². The number of hydrogen-bond donors (Lipinski definition) is 0. The van der Waals surface area contributed by atoms with Gasteiger partial charge in [0.05, 0.1) is 7.11 Å². The highest BCUT2D eigenvalue weighted by atomic mass is 16.5. The lowest BCUT2D eigenvalue weighted by Gasteiger charge is -2.28. The minimum absolute atomic E-state index is 0.0321. The molecule has 0 aromatic heterocycles. The predicted octanol–water partition coefficient (Wildman–Crippen LogP) is 4.81. The van der Waals surface area contributed by atoms with Crippen LogP contribution in [0.2, 0.25) is 0 Å². The minimum Gasteiger partial charge on any atom is -0.493 e. The summed E-state index contributed by atoms with van der Waals surface area (Å²) in [5, 5.41) is 0. The molecule has 0 spiro atoms.